The van der Waals surface area contributed by atoms with Crippen molar-refractivity contribution in [1.29, 1.82) is 0 Å². The summed E-state index contributed by atoms with van der Waals surface area (Å²) in [6, 6.07) is 22.7. The molecule has 3 aromatic carbocycles. The third-order valence-corrected chi connectivity index (χ3v) is 6.23. The van der Waals surface area contributed by atoms with Gasteiger partial charge in [0.25, 0.3) is 5.91 Å². The lowest BCUT2D eigenvalue weighted by Gasteiger charge is -2.24. The first kappa shape index (κ1) is 23.8. The Labute approximate surface area is 207 Å². The van der Waals surface area contributed by atoms with Crippen LogP contribution in [0.15, 0.2) is 77.3 Å². The molecule has 0 radical (unpaired) electrons. The van der Waals surface area contributed by atoms with Crippen molar-refractivity contribution in [3.05, 3.63) is 94.0 Å². The predicted octanol–water partition coefficient (Wildman–Crippen LogP) is 4.99. The number of halogens is 1. The van der Waals surface area contributed by atoms with Gasteiger partial charge in [-0.25, -0.2) is 0 Å². The van der Waals surface area contributed by atoms with Crippen LogP contribution in [0.2, 0.25) is 0 Å². The molecule has 4 rings (SSSR count). The normalized spacial score (nSPS) is 16.4. The molecule has 1 aliphatic heterocycles. The number of aliphatic carboxylic acids is 1. The topological polar surface area (TPSA) is 76.1 Å². The molecule has 1 heterocycles. The van der Waals surface area contributed by atoms with Crippen LogP contribution in [0.25, 0.3) is 0 Å². The van der Waals surface area contributed by atoms with Gasteiger partial charge in [-0.2, -0.15) is 0 Å². The van der Waals surface area contributed by atoms with Gasteiger partial charge in [-0.05, 0) is 60.5 Å². The number of nitrogens with zero attached hydrogens (tertiary/aromatic N) is 1. The fourth-order valence-electron chi connectivity index (χ4n) is 4.18. The zero-order chi connectivity index (χ0) is 24.1. The molecule has 0 saturated carbocycles. The molecule has 3 aromatic rings. The molecule has 6 nitrogen and oxygen atoms in total. The number of carbonyl (C=O) groups excluding carboxylic acids is 1. The van der Waals surface area contributed by atoms with E-state index >= 15 is 0 Å². The first-order valence-corrected chi connectivity index (χ1v) is 11.9. The molecule has 0 aromatic heterocycles. The van der Waals surface area contributed by atoms with Gasteiger partial charge in [-0.15, -0.1) is 0 Å². The standard InChI is InChI=1S/C27H26BrNO5/c1-27(16-19-7-10-22(28)11-8-19)17-21-15-20(9-12-24(21)34-27)26(32)29(18-25(30)31)13-14-33-23-5-3-2-4-6-23/h2-12,15H,13-14,16-18H2,1H3,(H,30,31)/t27-/m0/s1. The third-order valence-electron chi connectivity index (χ3n) is 5.71. The van der Waals surface area contributed by atoms with Gasteiger partial charge < -0.3 is 19.5 Å². The molecule has 1 atom stereocenters. The monoisotopic (exact) mass is 523 g/mol. The molecule has 1 aliphatic rings. The minimum Gasteiger partial charge on any atom is -0.492 e. The fraction of sp³-hybridized carbons (Fsp3) is 0.259. The summed E-state index contributed by atoms with van der Waals surface area (Å²) in [5, 5.41) is 9.32. The largest absolute Gasteiger partial charge is 0.492 e. The van der Waals surface area contributed by atoms with Crippen LogP contribution in [0.1, 0.15) is 28.4 Å². The van der Waals surface area contributed by atoms with Crippen molar-refractivity contribution in [2.45, 2.75) is 25.4 Å². The number of benzene rings is 3. The lowest BCUT2D eigenvalue weighted by Crippen LogP contribution is -2.38. The van der Waals surface area contributed by atoms with Crippen LogP contribution in [0.3, 0.4) is 0 Å². The van der Waals surface area contributed by atoms with E-state index in [0.29, 0.717) is 17.7 Å². The Morgan fingerprint density at radius 1 is 1.09 bits per heavy atom. The maximum atomic E-state index is 13.2. The van der Waals surface area contributed by atoms with E-state index < -0.39 is 18.1 Å². The summed E-state index contributed by atoms with van der Waals surface area (Å²) >= 11 is 3.46. The number of rotatable bonds is 9. The molecule has 1 N–H and O–H groups in total. The second-order valence-corrected chi connectivity index (χ2v) is 9.55. The molecule has 1 amide bonds. The van der Waals surface area contributed by atoms with E-state index in [-0.39, 0.29) is 19.1 Å². The van der Waals surface area contributed by atoms with Crippen molar-refractivity contribution in [3.8, 4) is 11.5 Å². The Kier molecular flexibility index (Phi) is 7.22. The maximum absolute atomic E-state index is 13.2. The lowest BCUT2D eigenvalue weighted by atomic mass is 9.91. The second kappa shape index (κ2) is 10.3. The van der Waals surface area contributed by atoms with Crippen molar-refractivity contribution < 1.29 is 24.2 Å². The highest BCUT2D eigenvalue weighted by molar-refractivity contribution is 9.10. The molecule has 0 fully saturated rings. The van der Waals surface area contributed by atoms with E-state index in [4.69, 9.17) is 9.47 Å². The van der Waals surface area contributed by atoms with Crippen LogP contribution in [-0.4, -0.2) is 47.2 Å². The average molecular weight is 524 g/mol. The van der Waals surface area contributed by atoms with E-state index in [2.05, 4.69) is 35.0 Å². The van der Waals surface area contributed by atoms with E-state index in [1.165, 1.54) is 10.5 Å². The highest BCUT2D eigenvalue weighted by atomic mass is 79.9. The Balaban J connectivity index is 1.44. The SMILES string of the molecule is C[C@]1(Cc2ccc(Br)cc2)Cc2cc(C(=O)N(CCOc3ccccc3)CC(=O)O)ccc2O1. The number of hydrogen-bond acceptors (Lipinski definition) is 4. The fourth-order valence-corrected chi connectivity index (χ4v) is 4.44. The Morgan fingerprint density at radius 3 is 2.53 bits per heavy atom. The number of fused-ring (bicyclic) bond motifs is 1. The predicted molar refractivity (Wildman–Crippen MR) is 133 cm³/mol. The van der Waals surface area contributed by atoms with Gasteiger partial charge in [0.1, 0.15) is 30.3 Å². The van der Waals surface area contributed by atoms with Gasteiger partial charge in [-0.3, -0.25) is 9.59 Å². The van der Waals surface area contributed by atoms with Crippen LogP contribution in [-0.2, 0) is 17.6 Å². The zero-order valence-electron chi connectivity index (χ0n) is 18.9. The molecule has 34 heavy (non-hydrogen) atoms. The first-order valence-electron chi connectivity index (χ1n) is 11.1. The quantitative estimate of drug-likeness (QED) is 0.427. The number of para-hydroxylation sites is 1. The molecule has 0 unspecified atom stereocenters. The summed E-state index contributed by atoms with van der Waals surface area (Å²) in [6.07, 6.45) is 1.40. The van der Waals surface area contributed by atoms with E-state index in [1.54, 1.807) is 12.1 Å². The molecule has 0 aliphatic carbocycles. The average Bonchev–Trinajstić information content (AvgIpc) is 3.15. The molecular formula is C27H26BrNO5. The summed E-state index contributed by atoms with van der Waals surface area (Å²) in [5.41, 5.74) is 2.14. The molecule has 7 heteroatoms. The molecular weight excluding hydrogens is 498 g/mol. The minimum atomic E-state index is -1.07. The summed E-state index contributed by atoms with van der Waals surface area (Å²) in [5.74, 6) is 0.0151. The lowest BCUT2D eigenvalue weighted by molar-refractivity contribution is -0.137. The molecule has 0 saturated heterocycles. The molecule has 0 spiro atoms. The number of amides is 1. The molecule has 0 bridgehead atoms. The molecule has 176 valence electrons. The highest BCUT2D eigenvalue weighted by Gasteiger charge is 2.35. The van der Waals surface area contributed by atoms with Crippen molar-refractivity contribution >= 4 is 27.8 Å². The summed E-state index contributed by atoms with van der Waals surface area (Å²) in [7, 11) is 0. The van der Waals surface area contributed by atoms with Crippen LogP contribution in [0.4, 0.5) is 0 Å². The van der Waals surface area contributed by atoms with E-state index in [1.807, 2.05) is 48.5 Å². The van der Waals surface area contributed by atoms with Gasteiger partial charge in [0.05, 0.1) is 6.54 Å². The van der Waals surface area contributed by atoms with Gasteiger partial charge in [-0.1, -0.05) is 46.3 Å². The Morgan fingerprint density at radius 2 is 1.82 bits per heavy atom. The number of carbonyl (C=O) groups is 2. The summed E-state index contributed by atoms with van der Waals surface area (Å²) in [6.45, 7) is 2.03. The minimum absolute atomic E-state index is 0.162. The van der Waals surface area contributed by atoms with Crippen LogP contribution < -0.4 is 9.47 Å². The van der Waals surface area contributed by atoms with E-state index in [9.17, 15) is 14.7 Å². The third kappa shape index (κ3) is 5.97. The zero-order valence-corrected chi connectivity index (χ0v) is 20.5. The van der Waals surface area contributed by atoms with Gasteiger partial charge in [0.2, 0.25) is 0 Å². The van der Waals surface area contributed by atoms with Gasteiger partial charge in [0, 0.05) is 22.9 Å². The van der Waals surface area contributed by atoms with Crippen molar-refractivity contribution in [2.75, 3.05) is 19.7 Å². The van der Waals surface area contributed by atoms with Crippen molar-refractivity contribution in [3.63, 3.8) is 0 Å². The van der Waals surface area contributed by atoms with Gasteiger partial charge in [0.15, 0.2) is 0 Å². The van der Waals surface area contributed by atoms with Crippen LogP contribution in [0.5, 0.6) is 11.5 Å². The summed E-state index contributed by atoms with van der Waals surface area (Å²) < 4.78 is 12.9. The van der Waals surface area contributed by atoms with E-state index in [0.717, 1.165) is 22.2 Å². The summed E-state index contributed by atoms with van der Waals surface area (Å²) in [4.78, 5) is 25.9. The van der Waals surface area contributed by atoms with Crippen molar-refractivity contribution in [2.24, 2.45) is 0 Å². The number of hydrogen-bond donors (Lipinski definition) is 1. The maximum Gasteiger partial charge on any atom is 0.323 e. The Hall–Kier alpha value is -3.32. The smallest absolute Gasteiger partial charge is 0.323 e. The van der Waals surface area contributed by atoms with Crippen LogP contribution >= 0.6 is 15.9 Å². The highest BCUT2D eigenvalue weighted by Crippen LogP contribution is 2.37. The second-order valence-electron chi connectivity index (χ2n) is 8.64. The first-order chi connectivity index (χ1) is 16.3. The van der Waals surface area contributed by atoms with Gasteiger partial charge >= 0.3 is 5.97 Å². The number of carboxylic acid groups (broad SMARTS) is 1. The van der Waals surface area contributed by atoms with Crippen LogP contribution in [0, 0.1) is 0 Å². The number of ether oxygens (including phenoxy) is 2. The van der Waals surface area contributed by atoms with Crippen molar-refractivity contribution in [1.82, 2.24) is 4.90 Å². The number of carboxylic acids is 1. The Bertz CT molecular complexity index is 1170.